The summed E-state index contributed by atoms with van der Waals surface area (Å²) in [6.45, 7) is -2.69. The lowest BCUT2D eigenvalue weighted by Gasteiger charge is -2.13. The molecule has 0 saturated carbocycles. The summed E-state index contributed by atoms with van der Waals surface area (Å²) in [7, 11) is 0. The summed E-state index contributed by atoms with van der Waals surface area (Å²) in [5.41, 5.74) is 5.76. The topological polar surface area (TPSA) is 105 Å². The zero-order valence-electron chi connectivity index (χ0n) is 17.2. The largest absolute Gasteiger partial charge is 0.383 e. The summed E-state index contributed by atoms with van der Waals surface area (Å²) in [6.07, 6.45) is 3.13. The first-order valence-corrected chi connectivity index (χ1v) is 8.23. The van der Waals surface area contributed by atoms with Crippen LogP contribution in [-0.4, -0.2) is 50.0 Å². The van der Waals surface area contributed by atoms with Crippen LogP contribution in [0.5, 0.6) is 0 Å². The third kappa shape index (κ3) is 3.07. The second kappa shape index (κ2) is 6.34. The maximum atomic E-state index is 12.3. The van der Waals surface area contributed by atoms with E-state index in [0.29, 0.717) is 38.6 Å². The normalized spacial score (nSPS) is 21.3. The van der Waals surface area contributed by atoms with Gasteiger partial charge >= 0.3 is 0 Å². The van der Waals surface area contributed by atoms with Crippen molar-refractivity contribution >= 4 is 22.6 Å². The lowest BCUT2D eigenvalue weighted by atomic mass is 10.0. The van der Waals surface area contributed by atoms with Crippen LogP contribution in [0.2, 0.25) is 0 Å². The number of rotatable bonds is 1. The van der Waals surface area contributed by atoms with Gasteiger partial charge in [-0.05, 0) is 18.2 Å². The minimum absolute atomic E-state index is 0.0752. The number of carbonyl (C=O) groups excluding carboxylic acids is 1. The molecule has 1 fully saturated rings. The molecule has 1 atom stereocenters. The summed E-state index contributed by atoms with van der Waals surface area (Å²) in [5, 5.41) is 11.2. The molecule has 1 amide bonds. The maximum absolute atomic E-state index is 12.3. The SMILES string of the molecule is [2H]C([2H])([2H])N1CC[C@](O)(C#Cc2cccc(-c3nc(N)c4ccncc4n3)c2)C1=O. The minimum atomic E-state index is -2.61. The molecule has 1 saturated heterocycles. The first-order chi connectivity index (χ1) is 14.2. The third-order valence-corrected chi connectivity index (χ3v) is 4.36. The Bertz CT molecular complexity index is 1220. The van der Waals surface area contributed by atoms with E-state index >= 15 is 0 Å². The summed E-state index contributed by atoms with van der Waals surface area (Å²) < 4.78 is 22.1. The molecule has 3 aromatic rings. The number of carbonyl (C=O) groups is 1. The third-order valence-electron chi connectivity index (χ3n) is 4.36. The molecule has 1 aromatic carbocycles. The van der Waals surface area contributed by atoms with E-state index in [2.05, 4.69) is 26.8 Å². The van der Waals surface area contributed by atoms with Gasteiger partial charge in [-0.3, -0.25) is 9.78 Å². The molecule has 3 heterocycles. The zero-order valence-corrected chi connectivity index (χ0v) is 14.2. The van der Waals surface area contributed by atoms with E-state index in [0.717, 1.165) is 0 Å². The van der Waals surface area contributed by atoms with Crippen LogP contribution in [0, 0.1) is 11.8 Å². The number of benzene rings is 1. The van der Waals surface area contributed by atoms with Gasteiger partial charge in [-0.1, -0.05) is 24.0 Å². The van der Waals surface area contributed by atoms with Crippen LogP contribution in [0.1, 0.15) is 16.1 Å². The van der Waals surface area contributed by atoms with Gasteiger partial charge in [0.2, 0.25) is 5.60 Å². The number of hydrogen-bond donors (Lipinski definition) is 2. The van der Waals surface area contributed by atoms with Crippen LogP contribution in [0.25, 0.3) is 22.3 Å². The number of aromatic nitrogens is 3. The van der Waals surface area contributed by atoms with Crippen molar-refractivity contribution in [3.8, 4) is 23.2 Å². The number of nitrogens with two attached hydrogens (primary N) is 1. The van der Waals surface area contributed by atoms with E-state index in [1.165, 1.54) is 0 Å². The summed E-state index contributed by atoms with van der Waals surface area (Å²) >= 11 is 0. The van der Waals surface area contributed by atoms with Gasteiger partial charge in [0.1, 0.15) is 5.82 Å². The van der Waals surface area contributed by atoms with Crippen LogP contribution in [0.15, 0.2) is 42.7 Å². The Morgan fingerprint density at radius 1 is 1.37 bits per heavy atom. The van der Waals surface area contributed by atoms with Gasteiger partial charge in [0.25, 0.3) is 5.91 Å². The lowest BCUT2D eigenvalue weighted by Crippen LogP contribution is -2.37. The number of likely N-dealkylation sites (tertiary alicyclic amines) is 1. The van der Waals surface area contributed by atoms with Gasteiger partial charge in [-0.15, -0.1) is 0 Å². The van der Waals surface area contributed by atoms with Crippen molar-refractivity contribution in [2.24, 2.45) is 0 Å². The molecule has 27 heavy (non-hydrogen) atoms. The molecule has 134 valence electrons. The molecule has 3 N–H and O–H groups in total. The van der Waals surface area contributed by atoms with Gasteiger partial charge in [0, 0.05) is 46.8 Å². The second-order valence-electron chi connectivity index (χ2n) is 6.22. The van der Waals surface area contributed by atoms with E-state index in [-0.39, 0.29) is 13.0 Å². The Labute approximate surface area is 160 Å². The van der Waals surface area contributed by atoms with Gasteiger partial charge < -0.3 is 15.7 Å². The first-order valence-electron chi connectivity index (χ1n) is 9.73. The minimum Gasteiger partial charge on any atom is -0.383 e. The molecule has 7 heteroatoms. The fourth-order valence-corrected chi connectivity index (χ4v) is 2.87. The summed E-state index contributed by atoms with van der Waals surface area (Å²) in [4.78, 5) is 25.8. The summed E-state index contributed by atoms with van der Waals surface area (Å²) in [5.74, 6) is 5.10. The van der Waals surface area contributed by atoms with E-state index in [1.54, 1.807) is 42.7 Å². The number of anilines is 1. The van der Waals surface area contributed by atoms with Crippen molar-refractivity contribution in [1.29, 1.82) is 0 Å². The fraction of sp³-hybridized carbons (Fsp3) is 0.200. The number of fused-ring (bicyclic) bond motifs is 1. The van der Waals surface area contributed by atoms with E-state index in [9.17, 15) is 9.90 Å². The van der Waals surface area contributed by atoms with Crippen LogP contribution >= 0.6 is 0 Å². The molecule has 1 aliphatic rings. The Balaban J connectivity index is 1.66. The van der Waals surface area contributed by atoms with Crippen molar-refractivity contribution in [3.05, 3.63) is 48.3 Å². The molecule has 4 rings (SSSR count). The number of pyridine rings is 1. The first kappa shape index (κ1) is 13.7. The average molecular weight is 362 g/mol. The molecule has 2 aromatic heterocycles. The Kier molecular flexibility index (Phi) is 3.21. The number of aliphatic hydroxyl groups is 1. The Hall–Kier alpha value is -3.50. The molecule has 0 spiro atoms. The predicted molar refractivity (Wildman–Crippen MR) is 101 cm³/mol. The van der Waals surface area contributed by atoms with Crippen molar-refractivity contribution in [2.45, 2.75) is 12.0 Å². The number of nitrogen functional groups attached to an aromatic ring is 1. The number of likely N-dealkylation sites (N-methyl/N-ethyl adjacent to an activating group) is 1. The molecule has 7 nitrogen and oxygen atoms in total. The summed E-state index contributed by atoms with van der Waals surface area (Å²) in [6, 6.07) is 8.66. The van der Waals surface area contributed by atoms with Crippen LogP contribution in [-0.2, 0) is 4.79 Å². The number of hydrogen-bond acceptors (Lipinski definition) is 6. The van der Waals surface area contributed by atoms with Crippen molar-refractivity contribution < 1.29 is 14.0 Å². The van der Waals surface area contributed by atoms with Gasteiger partial charge in [-0.25, -0.2) is 9.97 Å². The molecule has 0 radical (unpaired) electrons. The second-order valence-corrected chi connectivity index (χ2v) is 6.22. The molecule has 0 bridgehead atoms. The number of amides is 1. The maximum Gasteiger partial charge on any atom is 0.267 e. The highest BCUT2D eigenvalue weighted by Gasteiger charge is 2.42. The average Bonchev–Trinajstić information content (AvgIpc) is 3.02. The monoisotopic (exact) mass is 362 g/mol. The molecular weight excluding hydrogens is 342 g/mol. The van der Waals surface area contributed by atoms with Crippen LogP contribution in [0.3, 0.4) is 0 Å². The Morgan fingerprint density at radius 2 is 2.26 bits per heavy atom. The lowest BCUT2D eigenvalue weighted by molar-refractivity contribution is -0.137. The highest BCUT2D eigenvalue weighted by atomic mass is 16.3. The highest BCUT2D eigenvalue weighted by Crippen LogP contribution is 2.24. The highest BCUT2D eigenvalue weighted by molar-refractivity contribution is 5.90. The van der Waals surface area contributed by atoms with Crippen LogP contribution < -0.4 is 5.73 Å². The quantitative estimate of drug-likeness (QED) is 0.631. The van der Waals surface area contributed by atoms with E-state index in [1.807, 2.05) is 0 Å². The van der Waals surface area contributed by atoms with E-state index in [4.69, 9.17) is 9.85 Å². The van der Waals surface area contributed by atoms with Crippen LogP contribution in [0.4, 0.5) is 5.82 Å². The molecule has 0 unspecified atom stereocenters. The Morgan fingerprint density at radius 3 is 3.07 bits per heavy atom. The van der Waals surface area contributed by atoms with Crippen molar-refractivity contribution in [2.75, 3.05) is 19.3 Å². The molecule has 0 aliphatic carbocycles. The van der Waals surface area contributed by atoms with E-state index < -0.39 is 18.5 Å². The zero-order chi connectivity index (χ0) is 21.5. The standard InChI is InChI=1S/C20H17N5O2/c1-25-10-8-20(27,19(25)26)7-5-13-3-2-4-14(11-13)18-23-16-12-22-9-6-15(16)17(21)24-18/h2-4,6,9,11-12,27H,8,10H2,1H3,(H2,21,23,24)/t20-/m1/s1/i1D3. The molecule has 1 aliphatic heterocycles. The van der Waals surface area contributed by atoms with Gasteiger partial charge in [0.15, 0.2) is 5.82 Å². The van der Waals surface area contributed by atoms with Crippen molar-refractivity contribution in [1.82, 2.24) is 19.9 Å². The smallest absolute Gasteiger partial charge is 0.267 e. The van der Waals surface area contributed by atoms with Gasteiger partial charge in [-0.2, -0.15) is 0 Å². The fourth-order valence-electron chi connectivity index (χ4n) is 2.87. The molecular formula is C20H17N5O2. The number of nitrogens with zero attached hydrogens (tertiary/aromatic N) is 4. The van der Waals surface area contributed by atoms with Gasteiger partial charge in [0.05, 0.1) is 11.7 Å². The predicted octanol–water partition coefficient (Wildman–Crippen LogP) is 1.22. The van der Waals surface area contributed by atoms with Crippen molar-refractivity contribution in [3.63, 3.8) is 0 Å².